The number of carbonyl (C=O) groups excluding carboxylic acids is 1. The van der Waals surface area contributed by atoms with Gasteiger partial charge in [-0.1, -0.05) is 12.2 Å². The van der Waals surface area contributed by atoms with E-state index >= 15 is 0 Å². The van der Waals surface area contributed by atoms with Crippen LogP contribution in [0.1, 0.15) is 25.7 Å². The summed E-state index contributed by atoms with van der Waals surface area (Å²) in [6, 6.07) is -0.578. The van der Waals surface area contributed by atoms with Crippen LogP contribution in [0, 0.1) is 17.8 Å². The van der Waals surface area contributed by atoms with Crippen LogP contribution in [-0.2, 0) is 9.59 Å². The number of hydrogen-bond donors (Lipinski definition) is 1. The molecular formula is C13H17NO3. The first-order valence-electron chi connectivity index (χ1n) is 6.38. The monoisotopic (exact) mass is 235 g/mol. The Morgan fingerprint density at radius 1 is 1.24 bits per heavy atom. The predicted octanol–water partition coefficient (Wildman–Crippen LogP) is 1.27. The molecule has 1 aliphatic heterocycles. The Labute approximate surface area is 100 Å². The normalized spacial score (nSPS) is 38.9. The van der Waals surface area contributed by atoms with Crippen molar-refractivity contribution < 1.29 is 14.7 Å². The van der Waals surface area contributed by atoms with Crippen LogP contribution in [-0.4, -0.2) is 34.5 Å². The van der Waals surface area contributed by atoms with Gasteiger partial charge in [-0.2, -0.15) is 0 Å². The van der Waals surface area contributed by atoms with E-state index in [1.54, 1.807) is 4.90 Å². The Kier molecular flexibility index (Phi) is 2.45. The summed E-state index contributed by atoms with van der Waals surface area (Å²) in [6.45, 7) is 0.618. The number of nitrogens with zero attached hydrogens (tertiary/aromatic N) is 1. The van der Waals surface area contributed by atoms with Crippen molar-refractivity contribution in [3.8, 4) is 0 Å². The van der Waals surface area contributed by atoms with E-state index in [2.05, 4.69) is 12.2 Å². The zero-order valence-corrected chi connectivity index (χ0v) is 9.71. The SMILES string of the molecule is O=C(O)C1CCCN1C(=O)C1CC2C=CC1C2. The van der Waals surface area contributed by atoms with Crippen molar-refractivity contribution in [3.05, 3.63) is 12.2 Å². The summed E-state index contributed by atoms with van der Waals surface area (Å²) in [7, 11) is 0. The number of hydrogen-bond acceptors (Lipinski definition) is 2. The van der Waals surface area contributed by atoms with Crippen LogP contribution >= 0.6 is 0 Å². The summed E-state index contributed by atoms with van der Waals surface area (Å²) < 4.78 is 0. The highest BCUT2D eigenvalue weighted by atomic mass is 16.4. The zero-order chi connectivity index (χ0) is 12.0. The van der Waals surface area contributed by atoms with Crippen LogP contribution in [0.4, 0.5) is 0 Å². The van der Waals surface area contributed by atoms with Gasteiger partial charge in [-0.05, 0) is 37.5 Å². The molecule has 1 saturated heterocycles. The highest BCUT2D eigenvalue weighted by molar-refractivity contribution is 5.86. The average molecular weight is 235 g/mol. The number of carboxylic acid groups (broad SMARTS) is 1. The van der Waals surface area contributed by atoms with Crippen molar-refractivity contribution in [2.75, 3.05) is 6.54 Å². The van der Waals surface area contributed by atoms with Gasteiger partial charge in [0.15, 0.2) is 0 Å². The minimum atomic E-state index is -0.852. The lowest BCUT2D eigenvalue weighted by molar-refractivity contribution is -0.150. The van der Waals surface area contributed by atoms with Gasteiger partial charge >= 0.3 is 5.97 Å². The van der Waals surface area contributed by atoms with E-state index in [9.17, 15) is 9.59 Å². The van der Waals surface area contributed by atoms with Gasteiger partial charge in [0.1, 0.15) is 6.04 Å². The summed E-state index contributed by atoms with van der Waals surface area (Å²) in [4.78, 5) is 25.1. The van der Waals surface area contributed by atoms with Crippen LogP contribution in [0.5, 0.6) is 0 Å². The number of rotatable bonds is 2. The van der Waals surface area contributed by atoms with Gasteiger partial charge in [0.25, 0.3) is 0 Å². The largest absolute Gasteiger partial charge is 0.480 e. The van der Waals surface area contributed by atoms with E-state index < -0.39 is 12.0 Å². The molecule has 92 valence electrons. The van der Waals surface area contributed by atoms with Crippen LogP contribution in [0.2, 0.25) is 0 Å². The van der Waals surface area contributed by atoms with Gasteiger partial charge in [-0.3, -0.25) is 4.79 Å². The first kappa shape index (κ1) is 10.8. The molecule has 17 heavy (non-hydrogen) atoms. The van der Waals surface area contributed by atoms with Crippen molar-refractivity contribution in [2.24, 2.45) is 17.8 Å². The van der Waals surface area contributed by atoms with Gasteiger partial charge in [0.05, 0.1) is 0 Å². The second-order valence-corrected chi connectivity index (χ2v) is 5.41. The Balaban J connectivity index is 1.74. The van der Waals surface area contributed by atoms with E-state index in [1.807, 2.05) is 0 Å². The molecule has 2 bridgehead atoms. The fraction of sp³-hybridized carbons (Fsp3) is 0.692. The molecular weight excluding hydrogens is 218 g/mol. The van der Waals surface area contributed by atoms with Crippen LogP contribution in [0.15, 0.2) is 12.2 Å². The van der Waals surface area contributed by atoms with E-state index in [4.69, 9.17) is 5.11 Å². The molecule has 0 aromatic heterocycles. The zero-order valence-electron chi connectivity index (χ0n) is 9.71. The fourth-order valence-corrected chi connectivity index (χ4v) is 3.56. The van der Waals surface area contributed by atoms with Gasteiger partial charge < -0.3 is 10.0 Å². The average Bonchev–Trinajstić information content (AvgIpc) is 3.02. The third-order valence-electron chi connectivity index (χ3n) is 4.42. The molecule has 4 unspecified atom stereocenters. The molecule has 2 fully saturated rings. The predicted molar refractivity (Wildman–Crippen MR) is 61.2 cm³/mol. The second-order valence-electron chi connectivity index (χ2n) is 5.41. The van der Waals surface area contributed by atoms with Gasteiger partial charge in [0, 0.05) is 12.5 Å². The Bertz CT molecular complexity index is 390. The smallest absolute Gasteiger partial charge is 0.326 e. The summed E-state index contributed by atoms with van der Waals surface area (Å²) in [5, 5.41) is 9.10. The highest BCUT2D eigenvalue weighted by Gasteiger charge is 2.44. The number of fused-ring (bicyclic) bond motifs is 2. The summed E-state index contributed by atoms with van der Waals surface area (Å²) in [5.41, 5.74) is 0. The number of carbonyl (C=O) groups is 2. The Morgan fingerprint density at radius 2 is 2.06 bits per heavy atom. The molecule has 1 heterocycles. The topological polar surface area (TPSA) is 57.6 Å². The molecule has 3 aliphatic rings. The number of amides is 1. The standard InChI is InChI=1S/C13H17NO3/c15-12(10-7-8-3-4-9(10)6-8)14-5-1-2-11(14)13(16)17/h3-4,8-11H,1-2,5-7H2,(H,16,17). The quantitative estimate of drug-likeness (QED) is 0.733. The summed E-state index contributed by atoms with van der Waals surface area (Å²) >= 11 is 0. The molecule has 4 heteroatoms. The van der Waals surface area contributed by atoms with Crippen molar-refractivity contribution in [1.29, 1.82) is 0 Å². The number of likely N-dealkylation sites (tertiary alicyclic amines) is 1. The first-order chi connectivity index (χ1) is 8.16. The molecule has 1 amide bonds. The van der Waals surface area contributed by atoms with Crippen molar-refractivity contribution in [1.82, 2.24) is 4.90 Å². The summed E-state index contributed by atoms with van der Waals surface area (Å²) in [6.07, 6.45) is 7.78. The highest BCUT2D eigenvalue weighted by Crippen LogP contribution is 2.44. The van der Waals surface area contributed by atoms with Crippen molar-refractivity contribution in [3.63, 3.8) is 0 Å². The lowest BCUT2D eigenvalue weighted by Gasteiger charge is -2.27. The van der Waals surface area contributed by atoms with Crippen molar-refractivity contribution >= 4 is 11.9 Å². The molecule has 3 rings (SSSR count). The third kappa shape index (κ3) is 1.66. The lowest BCUT2D eigenvalue weighted by Crippen LogP contribution is -2.44. The lowest BCUT2D eigenvalue weighted by atomic mass is 9.92. The molecule has 1 saturated carbocycles. The van der Waals surface area contributed by atoms with E-state index in [1.165, 1.54) is 0 Å². The molecule has 0 spiro atoms. The molecule has 1 N–H and O–H groups in total. The van der Waals surface area contributed by atoms with Gasteiger partial charge in [-0.15, -0.1) is 0 Å². The van der Waals surface area contributed by atoms with Crippen LogP contribution in [0.3, 0.4) is 0 Å². The maximum atomic E-state index is 12.4. The number of allylic oxidation sites excluding steroid dienone is 2. The Hall–Kier alpha value is -1.32. The second kappa shape index (κ2) is 3.86. The third-order valence-corrected chi connectivity index (χ3v) is 4.42. The minimum absolute atomic E-state index is 0.0462. The molecule has 4 nitrogen and oxygen atoms in total. The van der Waals surface area contributed by atoms with Crippen molar-refractivity contribution in [2.45, 2.75) is 31.7 Å². The van der Waals surface area contributed by atoms with Gasteiger partial charge in [-0.25, -0.2) is 4.79 Å². The molecule has 0 aromatic carbocycles. The van der Waals surface area contributed by atoms with E-state index in [0.29, 0.717) is 24.8 Å². The molecule has 2 aliphatic carbocycles. The van der Waals surface area contributed by atoms with E-state index in [-0.39, 0.29) is 11.8 Å². The van der Waals surface area contributed by atoms with Crippen LogP contribution < -0.4 is 0 Å². The van der Waals surface area contributed by atoms with Crippen LogP contribution in [0.25, 0.3) is 0 Å². The first-order valence-corrected chi connectivity index (χ1v) is 6.38. The molecule has 4 atom stereocenters. The number of aliphatic carboxylic acids is 1. The maximum absolute atomic E-state index is 12.4. The minimum Gasteiger partial charge on any atom is -0.480 e. The Morgan fingerprint density at radius 3 is 2.65 bits per heavy atom. The molecule has 0 aromatic rings. The van der Waals surface area contributed by atoms with E-state index in [0.717, 1.165) is 19.3 Å². The van der Waals surface area contributed by atoms with Gasteiger partial charge in [0.2, 0.25) is 5.91 Å². The maximum Gasteiger partial charge on any atom is 0.326 e. The fourth-order valence-electron chi connectivity index (χ4n) is 3.56. The number of carboxylic acids is 1. The summed E-state index contributed by atoms with van der Waals surface area (Å²) in [5.74, 6) is 0.189. The molecule has 0 radical (unpaired) electrons.